The first-order valence-corrected chi connectivity index (χ1v) is 9.15. The standard InChI is InChI=1S/C20H26N4O2/c1-2-22-11-13-23(14-12-22)16-18-9-7-17(8-10-18)15-21-19-5-3-4-6-20(19)24(25)26/h3-10,21H,2,11-16H2,1H3. The number of para-hydroxylation sites is 2. The van der Waals surface area contributed by atoms with Crippen LogP contribution < -0.4 is 5.32 Å². The first kappa shape index (κ1) is 18.4. The van der Waals surface area contributed by atoms with Crippen LogP contribution >= 0.6 is 0 Å². The Morgan fingerprint density at radius 3 is 2.23 bits per heavy atom. The summed E-state index contributed by atoms with van der Waals surface area (Å²) in [5, 5.41) is 14.2. The second-order valence-corrected chi connectivity index (χ2v) is 6.65. The molecule has 1 aliphatic heterocycles. The third kappa shape index (κ3) is 4.80. The lowest BCUT2D eigenvalue weighted by atomic mass is 10.1. The Bertz CT molecular complexity index is 725. The van der Waals surface area contributed by atoms with E-state index in [0.717, 1.165) is 44.8 Å². The number of anilines is 1. The second-order valence-electron chi connectivity index (χ2n) is 6.65. The lowest BCUT2D eigenvalue weighted by molar-refractivity contribution is -0.384. The van der Waals surface area contributed by atoms with Gasteiger partial charge in [-0.25, -0.2) is 0 Å². The van der Waals surface area contributed by atoms with Crippen molar-refractivity contribution in [3.63, 3.8) is 0 Å². The summed E-state index contributed by atoms with van der Waals surface area (Å²) in [6.45, 7) is 9.43. The van der Waals surface area contributed by atoms with E-state index >= 15 is 0 Å². The van der Waals surface area contributed by atoms with Gasteiger partial charge in [-0.2, -0.15) is 0 Å². The molecule has 1 aliphatic rings. The van der Waals surface area contributed by atoms with Gasteiger partial charge in [0.1, 0.15) is 5.69 Å². The van der Waals surface area contributed by atoms with Crippen molar-refractivity contribution in [1.82, 2.24) is 9.80 Å². The zero-order chi connectivity index (χ0) is 18.4. The molecule has 0 atom stereocenters. The molecule has 0 aliphatic carbocycles. The molecule has 0 aromatic heterocycles. The monoisotopic (exact) mass is 354 g/mol. The van der Waals surface area contributed by atoms with Crippen molar-refractivity contribution in [2.24, 2.45) is 0 Å². The van der Waals surface area contributed by atoms with Crippen LogP contribution in [0.1, 0.15) is 18.1 Å². The van der Waals surface area contributed by atoms with Crippen LogP contribution in [-0.4, -0.2) is 47.4 Å². The van der Waals surface area contributed by atoms with Gasteiger partial charge in [0.15, 0.2) is 0 Å². The van der Waals surface area contributed by atoms with E-state index in [0.29, 0.717) is 12.2 Å². The van der Waals surface area contributed by atoms with Gasteiger partial charge in [-0.15, -0.1) is 0 Å². The molecule has 1 fully saturated rings. The minimum atomic E-state index is -0.357. The highest BCUT2D eigenvalue weighted by molar-refractivity contribution is 5.61. The highest BCUT2D eigenvalue weighted by Crippen LogP contribution is 2.23. The number of hydrogen-bond acceptors (Lipinski definition) is 5. The number of benzene rings is 2. The van der Waals surface area contributed by atoms with E-state index in [1.54, 1.807) is 18.2 Å². The normalized spacial score (nSPS) is 15.7. The maximum absolute atomic E-state index is 11.1. The van der Waals surface area contributed by atoms with Crippen LogP contribution in [0.2, 0.25) is 0 Å². The summed E-state index contributed by atoms with van der Waals surface area (Å²) in [4.78, 5) is 15.7. The van der Waals surface area contributed by atoms with Crippen molar-refractivity contribution >= 4 is 11.4 Å². The number of nitro benzene ring substituents is 1. The third-order valence-corrected chi connectivity index (χ3v) is 4.92. The van der Waals surface area contributed by atoms with Crippen LogP contribution in [0.4, 0.5) is 11.4 Å². The fourth-order valence-corrected chi connectivity index (χ4v) is 3.26. The number of piperazine rings is 1. The van der Waals surface area contributed by atoms with E-state index in [-0.39, 0.29) is 10.6 Å². The zero-order valence-corrected chi connectivity index (χ0v) is 15.2. The van der Waals surface area contributed by atoms with Gasteiger partial charge >= 0.3 is 0 Å². The van der Waals surface area contributed by atoms with Crippen LogP contribution in [0.25, 0.3) is 0 Å². The molecule has 0 spiro atoms. The topological polar surface area (TPSA) is 61.6 Å². The Balaban J connectivity index is 1.53. The van der Waals surface area contributed by atoms with Crippen molar-refractivity contribution in [1.29, 1.82) is 0 Å². The fourth-order valence-electron chi connectivity index (χ4n) is 3.26. The minimum Gasteiger partial charge on any atom is -0.375 e. The largest absolute Gasteiger partial charge is 0.375 e. The Morgan fingerprint density at radius 1 is 0.962 bits per heavy atom. The lowest BCUT2D eigenvalue weighted by Crippen LogP contribution is -2.45. The summed E-state index contributed by atoms with van der Waals surface area (Å²) >= 11 is 0. The van der Waals surface area contributed by atoms with Crippen molar-refractivity contribution in [2.45, 2.75) is 20.0 Å². The van der Waals surface area contributed by atoms with Crippen LogP contribution in [0.15, 0.2) is 48.5 Å². The summed E-state index contributed by atoms with van der Waals surface area (Å²) in [7, 11) is 0. The summed E-state index contributed by atoms with van der Waals surface area (Å²) in [5.41, 5.74) is 3.08. The molecule has 0 saturated carbocycles. The van der Waals surface area contributed by atoms with Crippen LogP contribution in [0.5, 0.6) is 0 Å². The van der Waals surface area contributed by atoms with E-state index in [9.17, 15) is 10.1 Å². The first-order chi connectivity index (χ1) is 12.7. The van der Waals surface area contributed by atoms with Crippen molar-refractivity contribution in [3.05, 3.63) is 69.8 Å². The van der Waals surface area contributed by atoms with Crippen LogP contribution in [0.3, 0.4) is 0 Å². The van der Waals surface area contributed by atoms with E-state index in [4.69, 9.17) is 0 Å². The molecule has 0 radical (unpaired) electrons. The van der Waals surface area contributed by atoms with Gasteiger partial charge in [0.2, 0.25) is 0 Å². The van der Waals surface area contributed by atoms with Gasteiger partial charge in [0.05, 0.1) is 4.92 Å². The third-order valence-electron chi connectivity index (χ3n) is 4.92. The van der Waals surface area contributed by atoms with Gasteiger partial charge in [-0.1, -0.05) is 43.3 Å². The SMILES string of the molecule is CCN1CCN(Cc2ccc(CNc3ccccc3[N+](=O)[O-])cc2)CC1. The molecule has 6 nitrogen and oxygen atoms in total. The lowest BCUT2D eigenvalue weighted by Gasteiger charge is -2.34. The highest BCUT2D eigenvalue weighted by Gasteiger charge is 2.15. The Labute approximate surface area is 154 Å². The van der Waals surface area contributed by atoms with Gasteiger partial charge < -0.3 is 10.2 Å². The predicted molar refractivity (Wildman–Crippen MR) is 104 cm³/mol. The Morgan fingerprint density at radius 2 is 1.58 bits per heavy atom. The molecule has 2 aromatic carbocycles. The van der Waals surface area contributed by atoms with E-state index in [1.165, 1.54) is 11.6 Å². The number of rotatable bonds is 7. The molecular formula is C20H26N4O2. The number of likely N-dealkylation sites (N-methyl/N-ethyl adjacent to an activating group) is 1. The molecule has 0 unspecified atom stereocenters. The highest BCUT2D eigenvalue weighted by atomic mass is 16.6. The Kier molecular flexibility index (Phi) is 6.20. The van der Waals surface area contributed by atoms with Crippen LogP contribution in [0, 0.1) is 10.1 Å². The molecule has 26 heavy (non-hydrogen) atoms. The number of nitro groups is 1. The smallest absolute Gasteiger partial charge is 0.292 e. The van der Waals surface area contributed by atoms with Crippen molar-refractivity contribution < 1.29 is 4.92 Å². The molecule has 2 aromatic rings. The van der Waals surface area contributed by atoms with Gasteiger partial charge in [-0.3, -0.25) is 15.0 Å². The zero-order valence-electron chi connectivity index (χ0n) is 15.2. The molecule has 1 saturated heterocycles. The molecule has 0 amide bonds. The molecule has 1 heterocycles. The molecule has 3 rings (SSSR count). The first-order valence-electron chi connectivity index (χ1n) is 9.15. The van der Waals surface area contributed by atoms with E-state index < -0.39 is 0 Å². The summed E-state index contributed by atoms with van der Waals surface area (Å²) in [6, 6.07) is 15.2. The maximum atomic E-state index is 11.1. The predicted octanol–water partition coefficient (Wildman–Crippen LogP) is 3.34. The molecular weight excluding hydrogens is 328 g/mol. The molecule has 6 heteroatoms. The number of nitrogens with zero attached hydrogens (tertiary/aromatic N) is 3. The quantitative estimate of drug-likeness (QED) is 0.610. The van der Waals surface area contributed by atoms with E-state index in [2.05, 4.69) is 46.3 Å². The second kappa shape index (κ2) is 8.78. The summed E-state index contributed by atoms with van der Waals surface area (Å²) < 4.78 is 0. The minimum absolute atomic E-state index is 0.107. The number of hydrogen-bond donors (Lipinski definition) is 1. The van der Waals surface area contributed by atoms with Crippen LogP contribution in [-0.2, 0) is 13.1 Å². The van der Waals surface area contributed by atoms with Gasteiger partial charge in [-0.05, 0) is 23.7 Å². The molecule has 1 N–H and O–H groups in total. The van der Waals surface area contributed by atoms with Crippen molar-refractivity contribution in [3.8, 4) is 0 Å². The number of nitrogens with one attached hydrogen (secondary N) is 1. The van der Waals surface area contributed by atoms with Gasteiger partial charge in [0, 0.05) is 45.3 Å². The average Bonchev–Trinajstić information content (AvgIpc) is 2.68. The van der Waals surface area contributed by atoms with Gasteiger partial charge in [0.25, 0.3) is 5.69 Å². The summed E-state index contributed by atoms with van der Waals surface area (Å²) in [6.07, 6.45) is 0. The fraction of sp³-hybridized carbons (Fsp3) is 0.400. The average molecular weight is 354 g/mol. The van der Waals surface area contributed by atoms with Crippen molar-refractivity contribution in [2.75, 3.05) is 38.0 Å². The van der Waals surface area contributed by atoms with E-state index in [1.807, 2.05) is 0 Å². The molecule has 0 bridgehead atoms. The summed E-state index contributed by atoms with van der Waals surface area (Å²) in [5.74, 6) is 0. The molecule has 138 valence electrons. The Hall–Kier alpha value is -2.44. The maximum Gasteiger partial charge on any atom is 0.292 e.